The molecule has 3 aromatic rings. The summed E-state index contributed by atoms with van der Waals surface area (Å²) in [5, 5.41) is 4.73. The molecule has 28 heavy (non-hydrogen) atoms. The molecular weight excluding hydrogens is 376 g/mol. The van der Waals surface area contributed by atoms with Crippen LogP contribution in [0, 0.1) is 5.92 Å². The number of thiophene rings is 1. The van der Waals surface area contributed by atoms with Gasteiger partial charge in [0.25, 0.3) is 5.56 Å². The van der Waals surface area contributed by atoms with Gasteiger partial charge in [-0.25, -0.2) is 4.98 Å². The molecule has 0 saturated heterocycles. The molecule has 0 radical (unpaired) electrons. The van der Waals surface area contributed by atoms with Gasteiger partial charge in [0.2, 0.25) is 11.8 Å². The molecule has 0 fully saturated rings. The van der Waals surface area contributed by atoms with Crippen molar-refractivity contribution in [2.45, 2.75) is 25.8 Å². The van der Waals surface area contributed by atoms with Crippen LogP contribution in [0.4, 0.5) is 5.69 Å². The van der Waals surface area contributed by atoms with E-state index in [2.05, 4.69) is 15.3 Å². The summed E-state index contributed by atoms with van der Waals surface area (Å²) in [6.45, 7) is 0.222. The van der Waals surface area contributed by atoms with Crippen LogP contribution in [0.5, 0.6) is 0 Å². The van der Waals surface area contributed by atoms with E-state index in [-0.39, 0.29) is 36.3 Å². The van der Waals surface area contributed by atoms with Gasteiger partial charge in [0, 0.05) is 25.1 Å². The molecule has 1 atom stereocenters. The van der Waals surface area contributed by atoms with Gasteiger partial charge < -0.3 is 15.2 Å². The van der Waals surface area contributed by atoms with Crippen molar-refractivity contribution in [3.8, 4) is 0 Å². The lowest BCUT2D eigenvalue weighted by Crippen LogP contribution is -2.32. The molecule has 3 heterocycles. The van der Waals surface area contributed by atoms with Crippen LogP contribution in [0.1, 0.15) is 24.2 Å². The molecule has 1 aliphatic heterocycles. The third kappa shape index (κ3) is 3.68. The van der Waals surface area contributed by atoms with E-state index < -0.39 is 0 Å². The van der Waals surface area contributed by atoms with Crippen molar-refractivity contribution in [1.82, 2.24) is 14.9 Å². The molecule has 144 valence electrons. The second-order valence-corrected chi connectivity index (χ2v) is 7.90. The van der Waals surface area contributed by atoms with Gasteiger partial charge in [0.1, 0.15) is 10.5 Å². The zero-order valence-corrected chi connectivity index (χ0v) is 16.2. The molecule has 0 bridgehead atoms. The summed E-state index contributed by atoms with van der Waals surface area (Å²) in [6.07, 6.45) is 1.39. The molecule has 0 unspecified atom stereocenters. The molecule has 2 N–H and O–H groups in total. The minimum Gasteiger partial charge on any atom is -0.338 e. The second kappa shape index (κ2) is 7.55. The Morgan fingerprint density at radius 2 is 2.11 bits per heavy atom. The lowest BCUT2D eigenvalue weighted by molar-refractivity contribution is -0.131. The Labute approximate surface area is 165 Å². The highest BCUT2D eigenvalue weighted by molar-refractivity contribution is 7.17. The van der Waals surface area contributed by atoms with Crippen LogP contribution < -0.4 is 10.9 Å². The van der Waals surface area contributed by atoms with Gasteiger partial charge in [-0.05, 0) is 35.9 Å². The highest BCUT2D eigenvalue weighted by Gasteiger charge is 2.26. The predicted molar refractivity (Wildman–Crippen MR) is 108 cm³/mol. The van der Waals surface area contributed by atoms with Gasteiger partial charge in [-0.2, -0.15) is 0 Å². The first-order chi connectivity index (χ1) is 13.5. The van der Waals surface area contributed by atoms with E-state index in [9.17, 15) is 14.4 Å². The minimum atomic E-state index is -0.215. The lowest BCUT2D eigenvalue weighted by atomic mass is 9.89. The average Bonchev–Trinajstić information content (AvgIpc) is 3.15. The van der Waals surface area contributed by atoms with E-state index in [0.717, 1.165) is 11.3 Å². The highest BCUT2D eigenvalue weighted by Crippen LogP contribution is 2.27. The number of fused-ring (bicyclic) bond motifs is 2. The molecule has 2 amide bonds. The number of rotatable bonds is 5. The molecule has 0 aliphatic carbocycles. The van der Waals surface area contributed by atoms with Crippen LogP contribution in [0.15, 0.2) is 40.5 Å². The zero-order valence-electron chi connectivity index (χ0n) is 15.4. The maximum atomic E-state index is 12.5. The SMILES string of the molecule is CN(Cc1nc2ccsc2c(=O)[nH]1)C(=O)CC[C@H]1Cc2ccccc2NC1=O. The molecule has 4 rings (SSSR count). The molecular formula is C20H20N4O3S. The second-order valence-electron chi connectivity index (χ2n) is 6.98. The van der Waals surface area contributed by atoms with E-state index in [1.807, 2.05) is 29.6 Å². The normalized spacial score (nSPS) is 15.9. The molecule has 0 spiro atoms. The van der Waals surface area contributed by atoms with E-state index in [4.69, 9.17) is 0 Å². The standard InChI is InChI=1S/C20H20N4O3S/c1-24(11-16-21-15-8-9-28-18(15)20(27)23-16)17(25)7-6-13-10-12-4-2-3-5-14(12)22-19(13)26/h2-5,8-9,13H,6-7,10-11H2,1H3,(H,22,26)(H,21,23,27)/t13-/m0/s1. The third-order valence-corrected chi connectivity index (χ3v) is 5.90. The largest absolute Gasteiger partial charge is 0.338 e. The fourth-order valence-electron chi connectivity index (χ4n) is 3.44. The van der Waals surface area contributed by atoms with Crippen molar-refractivity contribution in [3.63, 3.8) is 0 Å². The van der Waals surface area contributed by atoms with Gasteiger partial charge in [0.15, 0.2) is 0 Å². The number of nitrogens with one attached hydrogen (secondary N) is 2. The lowest BCUT2D eigenvalue weighted by Gasteiger charge is -2.25. The fourth-order valence-corrected chi connectivity index (χ4v) is 4.17. The number of aromatic amines is 1. The first-order valence-electron chi connectivity index (χ1n) is 9.10. The monoisotopic (exact) mass is 396 g/mol. The summed E-state index contributed by atoms with van der Waals surface area (Å²) in [5.74, 6) is 0.117. The van der Waals surface area contributed by atoms with Crippen molar-refractivity contribution in [3.05, 3.63) is 57.5 Å². The molecule has 0 saturated carbocycles. The van der Waals surface area contributed by atoms with Crippen molar-refractivity contribution in [1.29, 1.82) is 0 Å². The first kappa shape index (κ1) is 18.4. The topological polar surface area (TPSA) is 95.2 Å². The summed E-state index contributed by atoms with van der Waals surface area (Å²) >= 11 is 1.34. The number of carbonyl (C=O) groups excluding carboxylic acids is 2. The number of H-pyrrole nitrogens is 1. The first-order valence-corrected chi connectivity index (χ1v) is 9.98. The molecule has 8 heteroatoms. The average molecular weight is 396 g/mol. The number of carbonyl (C=O) groups is 2. The Morgan fingerprint density at radius 3 is 2.96 bits per heavy atom. The van der Waals surface area contributed by atoms with Gasteiger partial charge in [0.05, 0.1) is 12.1 Å². The van der Waals surface area contributed by atoms with Gasteiger partial charge in [-0.15, -0.1) is 11.3 Å². The summed E-state index contributed by atoms with van der Waals surface area (Å²) in [6, 6.07) is 9.52. The molecule has 2 aromatic heterocycles. The number of benzene rings is 1. The Hall–Kier alpha value is -3.00. The number of hydrogen-bond donors (Lipinski definition) is 2. The Balaban J connectivity index is 1.37. The zero-order chi connectivity index (χ0) is 19.7. The summed E-state index contributed by atoms with van der Waals surface area (Å²) in [4.78, 5) is 45.5. The maximum Gasteiger partial charge on any atom is 0.268 e. The van der Waals surface area contributed by atoms with Crippen LogP contribution >= 0.6 is 11.3 Å². The predicted octanol–water partition coefficient (Wildman–Crippen LogP) is 2.53. The Bertz CT molecular complexity index is 1100. The number of anilines is 1. The third-order valence-electron chi connectivity index (χ3n) is 5.00. The van der Waals surface area contributed by atoms with Crippen LogP contribution in [0.25, 0.3) is 10.2 Å². The van der Waals surface area contributed by atoms with E-state index in [1.54, 1.807) is 13.1 Å². The summed E-state index contributed by atoms with van der Waals surface area (Å²) in [7, 11) is 1.68. The smallest absolute Gasteiger partial charge is 0.268 e. The van der Waals surface area contributed by atoms with Crippen LogP contribution in [0.3, 0.4) is 0 Å². The Morgan fingerprint density at radius 1 is 1.29 bits per heavy atom. The van der Waals surface area contributed by atoms with Crippen LogP contribution in [-0.2, 0) is 22.6 Å². The van der Waals surface area contributed by atoms with Crippen LogP contribution in [0.2, 0.25) is 0 Å². The van der Waals surface area contributed by atoms with E-state index in [1.165, 1.54) is 16.2 Å². The number of amides is 2. The summed E-state index contributed by atoms with van der Waals surface area (Å²) in [5.41, 5.74) is 2.40. The molecule has 1 aromatic carbocycles. The van der Waals surface area contributed by atoms with Crippen molar-refractivity contribution >= 4 is 39.1 Å². The fraction of sp³-hybridized carbons (Fsp3) is 0.300. The number of hydrogen-bond acceptors (Lipinski definition) is 5. The highest BCUT2D eigenvalue weighted by atomic mass is 32.1. The van der Waals surface area contributed by atoms with E-state index >= 15 is 0 Å². The molecule has 7 nitrogen and oxygen atoms in total. The summed E-state index contributed by atoms with van der Waals surface area (Å²) < 4.78 is 0.585. The number of aromatic nitrogens is 2. The quantitative estimate of drug-likeness (QED) is 0.693. The van der Waals surface area contributed by atoms with Crippen molar-refractivity contribution in [2.75, 3.05) is 12.4 Å². The van der Waals surface area contributed by atoms with Gasteiger partial charge >= 0.3 is 0 Å². The van der Waals surface area contributed by atoms with Gasteiger partial charge in [-0.1, -0.05) is 18.2 Å². The van der Waals surface area contributed by atoms with Crippen molar-refractivity contribution < 1.29 is 9.59 Å². The maximum absolute atomic E-state index is 12.5. The number of para-hydroxylation sites is 1. The van der Waals surface area contributed by atoms with E-state index in [0.29, 0.717) is 28.9 Å². The van der Waals surface area contributed by atoms with Crippen molar-refractivity contribution in [2.24, 2.45) is 5.92 Å². The number of nitrogens with zero attached hydrogens (tertiary/aromatic N) is 2. The van der Waals surface area contributed by atoms with Crippen LogP contribution in [-0.4, -0.2) is 33.7 Å². The molecule has 1 aliphatic rings. The minimum absolute atomic E-state index is 0.0388. The Kier molecular flexibility index (Phi) is 4.95. The van der Waals surface area contributed by atoms with Gasteiger partial charge in [-0.3, -0.25) is 14.4 Å².